The summed E-state index contributed by atoms with van der Waals surface area (Å²) < 4.78 is 49.0. The van der Waals surface area contributed by atoms with Crippen molar-refractivity contribution in [2.75, 3.05) is 4.72 Å². The number of thiol groups is 1. The van der Waals surface area contributed by atoms with Crippen LogP contribution in [0.1, 0.15) is 25.0 Å². The second kappa shape index (κ2) is 8.39. The van der Waals surface area contributed by atoms with E-state index in [0.29, 0.717) is 11.1 Å². The van der Waals surface area contributed by atoms with Crippen molar-refractivity contribution < 1.29 is 21.9 Å². The van der Waals surface area contributed by atoms with Crippen molar-refractivity contribution in [1.82, 2.24) is 0 Å². The average Bonchev–Trinajstić information content (AvgIpc) is 2.58. The third kappa shape index (κ3) is 6.90. The molecule has 0 aromatic heterocycles. The fourth-order valence-corrected chi connectivity index (χ4v) is 3.48. The normalized spacial score (nSPS) is 12.0. The zero-order valence-corrected chi connectivity index (χ0v) is 16.4. The summed E-state index contributed by atoms with van der Waals surface area (Å²) in [6.07, 6.45) is 1.38. The Morgan fingerprint density at radius 3 is 2.30 bits per heavy atom. The zero-order chi connectivity index (χ0) is 20.1. The van der Waals surface area contributed by atoms with Crippen molar-refractivity contribution in [3.05, 3.63) is 65.1 Å². The molecule has 8 heteroatoms. The topological polar surface area (TPSA) is 101 Å². The third-order valence-corrected chi connectivity index (χ3v) is 5.00. The van der Waals surface area contributed by atoms with Gasteiger partial charge in [0.05, 0.1) is 16.0 Å². The van der Waals surface area contributed by atoms with Crippen molar-refractivity contribution in [2.45, 2.75) is 24.3 Å². The fourth-order valence-electron chi connectivity index (χ4n) is 1.98. The van der Waals surface area contributed by atoms with Crippen LogP contribution >= 0.6 is 0 Å². The summed E-state index contributed by atoms with van der Waals surface area (Å²) in [7, 11) is -6.81. The van der Waals surface area contributed by atoms with E-state index >= 15 is 0 Å². The Hall–Kier alpha value is -2.60. The lowest BCUT2D eigenvalue weighted by Crippen LogP contribution is -2.14. The number of nitrogens with one attached hydrogen (secondary N) is 1. The Balaban J connectivity index is 2.16. The van der Waals surface area contributed by atoms with E-state index in [0.717, 1.165) is 5.41 Å². The molecule has 0 saturated carbocycles. The van der Waals surface area contributed by atoms with Crippen molar-refractivity contribution in [2.24, 2.45) is 0 Å². The van der Waals surface area contributed by atoms with Crippen LogP contribution in [0.2, 0.25) is 0 Å². The number of hydrogen-bond acceptors (Lipinski definition) is 5. The van der Waals surface area contributed by atoms with Gasteiger partial charge in [-0.25, -0.2) is 16.8 Å². The molecule has 0 aliphatic rings. The highest BCUT2D eigenvalue weighted by Gasteiger charge is 2.10. The standard InChI is InChI=1S/C19H19NO5S2/c1-19(2,21)13-11-15-7-9-16(10-8-15)12-14-27(24,25)20-17-5-3-4-6-18(17)26(22)23/h3-10,12,14,20-21,26H,1-2H3/b14-12+. The molecule has 0 aliphatic carbocycles. The van der Waals surface area contributed by atoms with Gasteiger partial charge in [0.2, 0.25) is 0 Å². The highest BCUT2D eigenvalue weighted by Crippen LogP contribution is 2.18. The van der Waals surface area contributed by atoms with Gasteiger partial charge in [0.15, 0.2) is 10.7 Å². The molecule has 0 amide bonds. The van der Waals surface area contributed by atoms with Gasteiger partial charge in [0, 0.05) is 5.56 Å². The van der Waals surface area contributed by atoms with Gasteiger partial charge in [-0.1, -0.05) is 36.1 Å². The molecule has 2 rings (SSSR count). The maximum Gasteiger partial charge on any atom is 0.255 e. The van der Waals surface area contributed by atoms with Gasteiger partial charge in [-0.2, -0.15) is 0 Å². The lowest BCUT2D eigenvalue weighted by molar-refractivity contribution is 0.143. The van der Waals surface area contributed by atoms with Crippen LogP contribution in [0.25, 0.3) is 6.08 Å². The summed E-state index contributed by atoms with van der Waals surface area (Å²) in [6, 6.07) is 12.5. The second-order valence-corrected chi connectivity index (χ2v) is 8.72. The van der Waals surface area contributed by atoms with Crippen LogP contribution in [0.4, 0.5) is 5.69 Å². The van der Waals surface area contributed by atoms with E-state index in [1.54, 1.807) is 38.1 Å². The minimum absolute atomic E-state index is 0.00417. The molecule has 0 radical (unpaired) electrons. The van der Waals surface area contributed by atoms with Gasteiger partial charge < -0.3 is 5.11 Å². The number of sulfonamides is 1. The first-order chi connectivity index (χ1) is 12.6. The van der Waals surface area contributed by atoms with E-state index in [1.165, 1.54) is 30.3 Å². The predicted molar refractivity (Wildman–Crippen MR) is 106 cm³/mol. The lowest BCUT2D eigenvalue weighted by Gasteiger charge is -2.06. The minimum atomic E-state index is -3.89. The van der Waals surface area contributed by atoms with Crippen molar-refractivity contribution in [1.29, 1.82) is 0 Å². The Bertz CT molecular complexity index is 1070. The van der Waals surface area contributed by atoms with Gasteiger partial charge in [0.1, 0.15) is 5.60 Å². The van der Waals surface area contributed by atoms with Crippen LogP contribution < -0.4 is 4.72 Å². The summed E-state index contributed by atoms with van der Waals surface area (Å²) in [6.45, 7) is 3.16. The molecule has 0 spiro atoms. The summed E-state index contributed by atoms with van der Waals surface area (Å²) in [5.74, 6) is 5.51. The van der Waals surface area contributed by atoms with E-state index < -0.39 is 26.3 Å². The predicted octanol–water partition coefficient (Wildman–Crippen LogP) is 2.19. The zero-order valence-electron chi connectivity index (χ0n) is 14.7. The van der Waals surface area contributed by atoms with Crippen LogP contribution in [0.3, 0.4) is 0 Å². The van der Waals surface area contributed by atoms with E-state index in [-0.39, 0.29) is 10.6 Å². The van der Waals surface area contributed by atoms with Crippen molar-refractivity contribution in [3.8, 4) is 11.8 Å². The van der Waals surface area contributed by atoms with Gasteiger partial charge in [-0.3, -0.25) is 4.72 Å². The molecule has 0 heterocycles. The average molecular weight is 405 g/mol. The van der Waals surface area contributed by atoms with Crippen molar-refractivity contribution in [3.63, 3.8) is 0 Å². The maximum absolute atomic E-state index is 12.2. The largest absolute Gasteiger partial charge is 0.378 e. The van der Waals surface area contributed by atoms with Gasteiger partial charge in [-0.15, -0.1) is 0 Å². The molecule has 0 unspecified atom stereocenters. The summed E-state index contributed by atoms with van der Waals surface area (Å²) in [4.78, 5) is -0.0980. The fraction of sp³-hybridized carbons (Fsp3) is 0.158. The molecule has 142 valence electrons. The van der Waals surface area contributed by atoms with E-state index in [2.05, 4.69) is 16.6 Å². The van der Waals surface area contributed by atoms with Crippen LogP contribution in [0.5, 0.6) is 0 Å². The van der Waals surface area contributed by atoms with E-state index in [4.69, 9.17) is 0 Å². The molecule has 2 aromatic carbocycles. The number of para-hydroxylation sites is 1. The molecule has 0 atom stereocenters. The number of hydrogen-bond donors (Lipinski definition) is 3. The number of benzene rings is 2. The second-order valence-electron chi connectivity index (χ2n) is 6.16. The van der Waals surface area contributed by atoms with Crippen LogP contribution in [0.15, 0.2) is 58.8 Å². The third-order valence-electron chi connectivity index (χ3n) is 3.22. The highest BCUT2D eigenvalue weighted by molar-refractivity contribution is 7.95. The molecule has 0 fully saturated rings. The Morgan fingerprint density at radius 1 is 1.07 bits per heavy atom. The monoisotopic (exact) mass is 405 g/mol. The molecule has 6 nitrogen and oxygen atoms in total. The SMILES string of the molecule is CC(C)(O)C#Cc1ccc(/C=C/S(=O)(=O)Nc2ccccc2[SH](=O)=O)cc1. The molecule has 0 aliphatic heterocycles. The summed E-state index contributed by atoms with van der Waals surface area (Å²) in [5.41, 5.74) is 0.208. The number of aliphatic hydroxyl groups is 1. The van der Waals surface area contributed by atoms with Crippen molar-refractivity contribution >= 4 is 32.5 Å². The Morgan fingerprint density at radius 2 is 1.70 bits per heavy atom. The molecular formula is C19H19NO5S2. The van der Waals surface area contributed by atoms with E-state index in [9.17, 15) is 21.9 Å². The summed E-state index contributed by atoms with van der Waals surface area (Å²) >= 11 is 0. The Kier molecular flexibility index (Phi) is 6.44. The van der Waals surface area contributed by atoms with Gasteiger partial charge in [0.25, 0.3) is 10.0 Å². The first-order valence-electron chi connectivity index (χ1n) is 7.86. The summed E-state index contributed by atoms with van der Waals surface area (Å²) in [5, 5.41) is 10.5. The van der Waals surface area contributed by atoms with Gasteiger partial charge in [-0.05, 0) is 49.8 Å². The van der Waals surface area contributed by atoms with Crippen LogP contribution in [0, 0.1) is 11.8 Å². The van der Waals surface area contributed by atoms with Crippen LogP contribution in [-0.4, -0.2) is 27.5 Å². The van der Waals surface area contributed by atoms with E-state index in [1.807, 2.05) is 0 Å². The highest BCUT2D eigenvalue weighted by atomic mass is 32.2. The molecule has 2 N–H and O–H groups in total. The van der Waals surface area contributed by atoms with Gasteiger partial charge >= 0.3 is 0 Å². The first-order valence-corrected chi connectivity index (χ1v) is 10.6. The Labute approximate surface area is 160 Å². The number of rotatable bonds is 5. The molecule has 0 saturated heterocycles. The number of anilines is 1. The molecular weight excluding hydrogens is 386 g/mol. The quantitative estimate of drug-likeness (QED) is 0.523. The molecule has 27 heavy (non-hydrogen) atoms. The molecule has 2 aromatic rings. The molecule has 0 bridgehead atoms. The first kappa shape index (κ1) is 20.7. The minimum Gasteiger partial charge on any atom is -0.378 e. The smallest absolute Gasteiger partial charge is 0.255 e. The maximum atomic E-state index is 12.2. The van der Waals surface area contributed by atoms with Crippen LogP contribution in [-0.2, 0) is 20.7 Å². The lowest BCUT2D eigenvalue weighted by atomic mass is 10.1.